The lowest BCUT2D eigenvalue weighted by Gasteiger charge is -2.17. The molecule has 0 aliphatic carbocycles. The average Bonchev–Trinajstić information content (AvgIpc) is 3.10. The number of ether oxygens (including phenoxy) is 2. The number of esters is 1. The van der Waals surface area contributed by atoms with Crippen molar-refractivity contribution in [3.8, 4) is 5.75 Å². The molecular formula is C22H23FN2O5. The van der Waals surface area contributed by atoms with Gasteiger partial charge in [-0.2, -0.15) is 0 Å². The number of nitrogens with zero attached hydrogens (tertiary/aromatic N) is 1. The van der Waals surface area contributed by atoms with E-state index in [4.69, 9.17) is 9.47 Å². The Kier molecular flexibility index (Phi) is 6.66. The van der Waals surface area contributed by atoms with E-state index in [0.717, 1.165) is 0 Å². The predicted molar refractivity (Wildman–Crippen MR) is 109 cm³/mol. The van der Waals surface area contributed by atoms with Crippen molar-refractivity contribution in [1.29, 1.82) is 0 Å². The van der Waals surface area contributed by atoms with Gasteiger partial charge in [-0.05, 0) is 62.4 Å². The first-order chi connectivity index (χ1) is 14.3. The number of rotatable bonds is 7. The van der Waals surface area contributed by atoms with E-state index in [-0.39, 0.29) is 25.0 Å². The predicted octanol–water partition coefficient (Wildman–Crippen LogP) is 3.15. The maximum absolute atomic E-state index is 12.9. The summed E-state index contributed by atoms with van der Waals surface area (Å²) >= 11 is 0. The molecular weight excluding hydrogens is 391 g/mol. The molecule has 1 fully saturated rings. The van der Waals surface area contributed by atoms with Crippen LogP contribution in [0.3, 0.4) is 0 Å². The van der Waals surface area contributed by atoms with Crippen molar-refractivity contribution < 1.29 is 28.2 Å². The fourth-order valence-corrected chi connectivity index (χ4v) is 3.08. The van der Waals surface area contributed by atoms with Gasteiger partial charge in [-0.3, -0.25) is 14.4 Å². The molecule has 0 bridgehead atoms. The molecule has 158 valence electrons. The first-order valence-corrected chi connectivity index (χ1v) is 9.61. The second-order valence-corrected chi connectivity index (χ2v) is 7.23. The first-order valence-electron chi connectivity index (χ1n) is 9.61. The summed E-state index contributed by atoms with van der Waals surface area (Å²) < 4.78 is 23.5. The Morgan fingerprint density at radius 3 is 2.43 bits per heavy atom. The van der Waals surface area contributed by atoms with Crippen LogP contribution in [0.1, 0.15) is 20.3 Å². The molecule has 1 N–H and O–H groups in total. The van der Waals surface area contributed by atoms with Gasteiger partial charge in [0, 0.05) is 24.3 Å². The topological polar surface area (TPSA) is 84.9 Å². The molecule has 7 nitrogen and oxygen atoms in total. The third kappa shape index (κ3) is 5.56. The zero-order valence-corrected chi connectivity index (χ0v) is 16.8. The van der Waals surface area contributed by atoms with Crippen LogP contribution < -0.4 is 15.0 Å². The SMILES string of the molecule is CC(C)Oc1ccc(N2CC(C(=O)OCC(=O)Nc3ccc(F)cc3)CC2=O)cc1. The fourth-order valence-electron chi connectivity index (χ4n) is 3.08. The van der Waals surface area contributed by atoms with E-state index in [2.05, 4.69) is 5.32 Å². The molecule has 1 atom stereocenters. The van der Waals surface area contributed by atoms with Gasteiger partial charge in [0.05, 0.1) is 12.0 Å². The Morgan fingerprint density at radius 2 is 1.80 bits per heavy atom. The Morgan fingerprint density at radius 1 is 1.13 bits per heavy atom. The Bertz CT molecular complexity index is 912. The summed E-state index contributed by atoms with van der Waals surface area (Å²) in [5.74, 6) is -1.72. The number of hydrogen-bond acceptors (Lipinski definition) is 5. The monoisotopic (exact) mass is 414 g/mol. The first kappa shape index (κ1) is 21.3. The molecule has 1 aliphatic heterocycles. The van der Waals surface area contributed by atoms with Crippen molar-refractivity contribution in [2.45, 2.75) is 26.4 Å². The van der Waals surface area contributed by atoms with Gasteiger partial charge in [-0.1, -0.05) is 0 Å². The molecule has 0 saturated carbocycles. The van der Waals surface area contributed by atoms with Crippen molar-refractivity contribution >= 4 is 29.2 Å². The van der Waals surface area contributed by atoms with E-state index in [1.54, 1.807) is 24.3 Å². The lowest BCUT2D eigenvalue weighted by molar-refractivity contribution is -0.151. The van der Waals surface area contributed by atoms with Gasteiger partial charge in [0.2, 0.25) is 5.91 Å². The van der Waals surface area contributed by atoms with Gasteiger partial charge in [-0.25, -0.2) is 4.39 Å². The Labute approximate surface area is 173 Å². The molecule has 0 radical (unpaired) electrons. The second kappa shape index (κ2) is 9.39. The number of halogens is 1. The zero-order valence-electron chi connectivity index (χ0n) is 16.8. The lowest BCUT2D eigenvalue weighted by Crippen LogP contribution is -2.28. The smallest absolute Gasteiger partial charge is 0.311 e. The van der Waals surface area contributed by atoms with E-state index in [1.165, 1.54) is 29.2 Å². The average molecular weight is 414 g/mol. The molecule has 2 amide bonds. The summed E-state index contributed by atoms with van der Waals surface area (Å²) in [7, 11) is 0. The summed E-state index contributed by atoms with van der Waals surface area (Å²) in [6.45, 7) is 3.55. The molecule has 0 spiro atoms. The Hall–Kier alpha value is -3.42. The largest absolute Gasteiger partial charge is 0.491 e. The molecule has 2 aromatic carbocycles. The highest BCUT2D eigenvalue weighted by Gasteiger charge is 2.36. The highest BCUT2D eigenvalue weighted by molar-refractivity contribution is 6.00. The number of nitrogens with one attached hydrogen (secondary N) is 1. The van der Waals surface area contributed by atoms with Crippen molar-refractivity contribution in [2.24, 2.45) is 5.92 Å². The number of benzene rings is 2. The van der Waals surface area contributed by atoms with Crippen LogP contribution in [0.5, 0.6) is 5.75 Å². The van der Waals surface area contributed by atoms with Crippen LogP contribution in [-0.2, 0) is 19.1 Å². The molecule has 1 heterocycles. The summed E-state index contributed by atoms with van der Waals surface area (Å²) in [4.78, 5) is 38.1. The maximum atomic E-state index is 12.9. The highest BCUT2D eigenvalue weighted by Crippen LogP contribution is 2.27. The number of hydrogen-bond donors (Lipinski definition) is 1. The summed E-state index contributed by atoms with van der Waals surface area (Å²) in [5, 5.41) is 2.51. The van der Waals surface area contributed by atoms with Crippen LogP contribution in [-0.4, -0.2) is 37.0 Å². The zero-order chi connectivity index (χ0) is 21.7. The minimum Gasteiger partial charge on any atom is -0.491 e. The van der Waals surface area contributed by atoms with E-state index in [9.17, 15) is 18.8 Å². The van der Waals surface area contributed by atoms with Crippen molar-refractivity contribution in [3.63, 3.8) is 0 Å². The summed E-state index contributed by atoms with van der Waals surface area (Å²) in [6.07, 6.45) is 0.0616. The number of anilines is 2. The van der Waals surface area contributed by atoms with Crippen LogP contribution in [0.15, 0.2) is 48.5 Å². The molecule has 1 unspecified atom stereocenters. The summed E-state index contributed by atoms with van der Waals surface area (Å²) in [6, 6.07) is 12.3. The van der Waals surface area contributed by atoms with E-state index < -0.39 is 30.2 Å². The standard InChI is InChI=1S/C22H23FN2O5/c1-14(2)30-19-9-7-18(8-10-19)25-12-15(11-21(25)27)22(28)29-13-20(26)24-17-5-3-16(23)4-6-17/h3-10,14-15H,11-13H2,1-2H3,(H,24,26). The van der Waals surface area contributed by atoms with Crippen molar-refractivity contribution in [1.82, 2.24) is 0 Å². The number of carbonyl (C=O) groups is 3. The molecule has 1 saturated heterocycles. The van der Waals surface area contributed by atoms with Gasteiger partial charge in [0.1, 0.15) is 11.6 Å². The van der Waals surface area contributed by atoms with Crippen LogP contribution in [0.4, 0.5) is 15.8 Å². The third-order valence-electron chi connectivity index (χ3n) is 4.45. The molecule has 3 rings (SSSR count). The molecule has 0 aromatic heterocycles. The minimum absolute atomic E-state index is 0.0165. The van der Waals surface area contributed by atoms with Crippen molar-refractivity contribution in [2.75, 3.05) is 23.4 Å². The van der Waals surface area contributed by atoms with Crippen LogP contribution in [0.25, 0.3) is 0 Å². The van der Waals surface area contributed by atoms with Crippen LogP contribution >= 0.6 is 0 Å². The van der Waals surface area contributed by atoms with Gasteiger partial charge < -0.3 is 19.7 Å². The Balaban J connectivity index is 1.50. The third-order valence-corrected chi connectivity index (χ3v) is 4.45. The van der Waals surface area contributed by atoms with E-state index in [1.807, 2.05) is 13.8 Å². The van der Waals surface area contributed by atoms with Gasteiger partial charge in [-0.15, -0.1) is 0 Å². The molecule has 1 aliphatic rings. The quantitative estimate of drug-likeness (QED) is 0.704. The fraction of sp³-hybridized carbons (Fsp3) is 0.318. The molecule has 2 aromatic rings. The molecule has 30 heavy (non-hydrogen) atoms. The lowest BCUT2D eigenvalue weighted by atomic mass is 10.1. The maximum Gasteiger partial charge on any atom is 0.311 e. The van der Waals surface area contributed by atoms with E-state index in [0.29, 0.717) is 17.1 Å². The van der Waals surface area contributed by atoms with Crippen LogP contribution in [0, 0.1) is 11.7 Å². The van der Waals surface area contributed by atoms with Gasteiger partial charge in [0.25, 0.3) is 5.91 Å². The highest BCUT2D eigenvalue weighted by atomic mass is 19.1. The normalized spacial score (nSPS) is 15.9. The molecule has 8 heteroatoms. The van der Waals surface area contributed by atoms with Crippen molar-refractivity contribution in [3.05, 3.63) is 54.3 Å². The van der Waals surface area contributed by atoms with Gasteiger partial charge >= 0.3 is 5.97 Å². The number of carbonyl (C=O) groups excluding carboxylic acids is 3. The number of amides is 2. The summed E-state index contributed by atoms with van der Waals surface area (Å²) in [5.41, 5.74) is 1.06. The van der Waals surface area contributed by atoms with Crippen LogP contribution in [0.2, 0.25) is 0 Å². The second-order valence-electron chi connectivity index (χ2n) is 7.23. The van der Waals surface area contributed by atoms with E-state index >= 15 is 0 Å². The minimum atomic E-state index is -0.650. The van der Waals surface area contributed by atoms with Gasteiger partial charge in [0.15, 0.2) is 6.61 Å².